The van der Waals surface area contributed by atoms with Gasteiger partial charge in [-0.15, -0.1) is 0 Å². The Bertz CT molecular complexity index is 822. The second-order valence-electron chi connectivity index (χ2n) is 7.33. The number of nitrogens with zero attached hydrogens (tertiary/aromatic N) is 3. The molecule has 2 aromatic rings. The molecule has 2 aliphatic heterocycles. The number of fused-ring (bicyclic) bond motifs is 1. The Kier molecular flexibility index (Phi) is 5.01. The number of halogens is 1. The van der Waals surface area contributed by atoms with Crippen LogP contribution in [-0.2, 0) is 7.05 Å². The average Bonchev–Trinajstić information content (AvgIpc) is 3.01. The molecule has 1 saturated heterocycles. The van der Waals surface area contributed by atoms with Crippen molar-refractivity contribution in [3.63, 3.8) is 0 Å². The largest absolute Gasteiger partial charge is 0.493 e. The van der Waals surface area contributed by atoms with Gasteiger partial charge in [-0.05, 0) is 38.2 Å². The number of likely N-dealkylation sites (tertiary alicyclic amines) is 1. The molecule has 0 aliphatic carbocycles. The summed E-state index contributed by atoms with van der Waals surface area (Å²) in [5.41, 5.74) is 1.91. The number of piperidine rings is 1. The predicted octanol–water partition coefficient (Wildman–Crippen LogP) is 3.71. The van der Waals surface area contributed by atoms with E-state index >= 15 is 0 Å². The Balaban J connectivity index is 1.54. The van der Waals surface area contributed by atoms with Gasteiger partial charge in [-0.25, -0.2) is 9.18 Å². The van der Waals surface area contributed by atoms with Crippen LogP contribution in [0.4, 0.5) is 9.18 Å². The number of aromatic nitrogens is 2. The van der Waals surface area contributed by atoms with Crippen molar-refractivity contribution in [3.8, 4) is 5.75 Å². The predicted molar refractivity (Wildman–Crippen MR) is 98.9 cm³/mol. The molecule has 0 radical (unpaired) electrons. The van der Waals surface area contributed by atoms with Gasteiger partial charge in [-0.2, -0.15) is 5.10 Å². The van der Waals surface area contributed by atoms with Gasteiger partial charge in [0.1, 0.15) is 11.6 Å². The first-order chi connectivity index (χ1) is 13.1. The molecule has 2 unspecified atom stereocenters. The lowest BCUT2D eigenvalue weighted by molar-refractivity contribution is 0.148. The Labute approximate surface area is 158 Å². The van der Waals surface area contributed by atoms with Gasteiger partial charge >= 0.3 is 6.03 Å². The number of hydrogen-bond acceptors (Lipinski definition) is 3. The number of carbonyl (C=O) groups excluding carboxylic acids is 1. The number of hydrogen-bond donors (Lipinski definition) is 1. The van der Waals surface area contributed by atoms with Crippen molar-refractivity contribution in [1.82, 2.24) is 20.0 Å². The molecule has 2 aliphatic rings. The van der Waals surface area contributed by atoms with E-state index in [2.05, 4.69) is 10.4 Å². The number of rotatable bonds is 2. The summed E-state index contributed by atoms with van der Waals surface area (Å²) >= 11 is 0. The standard InChI is InChI=1S/C20H25FN4O2/c1-24-13-14(12-22-24)18-6-2-3-9-25(18)20(26)23-17-5-4-10-27-19-11-15(21)7-8-16(17)19/h7-8,11-13,17-18H,2-6,9-10H2,1H3,(H,23,26). The summed E-state index contributed by atoms with van der Waals surface area (Å²) in [6.07, 6.45) is 8.45. The lowest BCUT2D eigenvalue weighted by atomic mass is 9.97. The number of urea groups is 1. The molecular formula is C20H25FN4O2. The topological polar surface area (TPSA) is 59.4 Å². The molecule has 1 aromatic heterocycles. The molecular weight excluding hydrogens is 347 g/mol. The minimum atomic E-state index is -0.326. The van der Waals surface area contributed by atoms with Gasteiger partial charge in [0.2, 0.25) is 0 Å². The fourth-order valence-corrected chi connectivity index (χ4v) is 4.06. The van der Waals surface area contributed by atoms with Crippen LogP contribution in [0.25, 0.3) is 0 Å². The molecule has 2 atom stereocenters. The molecule has 0 spiro atoms. The second kappa shape index (κ2) is 7.58. The molecule has 144 valence electrons. The number of carbonyl (C=O) groups is 1. The van der Waals surface area contributed by atoms with Gasteiger partial charge < -0.3 is 15.0 Å². The SMILES string of the molecule is Cn1cc(C2CCCCN2C(=O)NC2CCCOc3cc(F)ccc32)cn1. The van der Waals surface area contributed by atoms with E-state index in [9.17, 15) is 9.18 Å². The zero-order valence-corrected chi connectivity index (χ0v) is 15.5. The summed E-state index contributed by atoms with van der Waals surface area (Å²) in [4.78, 5) is 15.0. The molecule has 2 amide bonds. The van der Waals surface area contributed by atoms with Crippen LogP contribution in [0.1, 0.15) is 55.3 Å². The summed E-state index contributed by atoms with van der Waals surface area (Å²) in [6, 6.07) is 4.33. The third kappa shape index (κ3) is 3.77. The van der Waals surface area contributed by atoms with Crippen LogP contribution in [0, 0.1) is 5.82 Å². The Hall–Kier alpha value is -2.57. The van der Waals surface area contributed by atoms with Crippen molar-refractivity contribution in [2.45, 2.75) is 44.2 Å². The Morgan fingerprint density at radius 1 is 1.30 bits per heavy atom. The van der Waals surface area contributed by atoms with Crippen molar-refractivity contribution in [2.24, 2.45) is 7.05 Å². The minimum absolute atomic E-state index is 0.0437. The van der Waals surface area contributed by atoms with Crippen LogP contribution in [0.15, 0.2) is 30.6 Å². The Morgan fingerprint density at radius 3 is 3.00 bits per heavy atom. The zero-order chi connectivity index (χ0) is 18.8. The van der Waals surface area contributed by atoms with Gasteiger partial charge in [0.25, 0.3) is 0 Å². The normalized spacial score (nSPS) is 22.5. The highest BCUT2D eigenvalue weighted by atomic mass is 19.1. The molecule has 27 heavy (non-hydrogen) atoms. The van der Waals surface area contributed by atoms with Gasteiger partial charge in [0, 0.05) is 37.0 Å². The number of ether oxygens (including phenoxy) is 1. The molecule has 1 N–H and O–H groups in total. The third-order valence-electron chi connectivity index (χ3n) is 5.42. The van der Waals surface area contributed by atoms with Gasteiger partial charge in [-0.1, -0.05) is 6.07 Å². The van der Waals surface area contributed by atoms with Crippen LogP contribution >= 0.6 is 0 Å². The lowest BCUT2D eigenvalue weighted by Crippen LogP contribution is -2.45. The maximum absolute atomic E-state index is 13.6. The molecule has 0 bridgehead atoms. The number of amides is 2. The van der Waals surface area contributed by atoms with E-state index in [1.165, 1.54) is 12.1 Å². The summed E-state index contributed by atoms with van der Waals surface area (Å²) in [7, 11) is 1.89. The maximum atomic E-state index is 13.6. The molecule has 1 aromatic carbocycles. The van der Waals surface area contributed by atoms with Crippen LogP contribution in [0.3, 0.4) is 0 Å². The molecule has 3 heterocycles. The van der Waals surface area contributed by atoms with E-state index in [4.69, 9.17) is 4.74 Å². The van der Waals surface area contributed by atoms with Crippen molar-refractivity contribution in [1.29, 1.82) is 0 Å². The molecule has 4 rings (SSSR count). The van der Waals surface area contributed by atoms with E-state index in [-0.39, 0.29) is 23.9 Å². The van der Waals surface area contributed by atoms with Gasteiger partial charge in [-0.3, -0.25) is 4.68 Å². The monoisotopic (exact) mass is 372 g/mol. The highest BCUT2D eigenvalue weighted by molar-refractivity contribution is 5.75. The molecule has 0 saturated carbocycles. The van der Waals surface area contributed by atoms with Crippen molar-refractivity contribution in [2.75, 3.05) is 13.2 Å². The van der Waals surface area contributed by atoms with Crippen molar-refractivity contribution in [3.05, 3.63) is 47.5 Å². The molecule has 7 heteroatoms. The van der Waals surface area contributed by atoms with E-state index in [1.807, 2.05) is 24.3 Å². The van der Waals surface area contributed by atoms with E-state index in [1.54, 1.807) is 10.7 Å². The van der Waals surface area contributed by atoms with Crippen LogP contribution < -0.4 is 10.1 Å². The van der Waals surface area contributed by atoms with Crippen LogP contribution in [-0.4, -0.2) is 33.9 Å². The summed E-state index contributed by atoms with van der Waals surface area (Å²) in [5.74, 6) is 0.202. The average molecular weight is 372 g/mol. The minimum Gasteiger partial charge on any atom is -0.493 e. The first-order valence-corrected chi connectivity index (χ1v) is 9.60. The number of aryl methyl sites for hydroxylation is 1. The fourth-order valence-electron chi connectivity index (χ4n) is 4.06. The second-order valence-corrected chi connectivity index (χ2v) is 7.33. The van der Waals surface area contributed by atoms with E-state index in [0.29, 0.717) is 12.4 Å². The lowest BCUT2D eigenvalue weighted by Gasteiger charge is -2.36. The van der Waals surface area contributed by atoms with Crippen LogP contribution in [0.2, 0.25) is 0 Å². The highest BCUT2D eigenvalue weighted by Gasteiger charge is 2.31. The molecule has 1 fully saturated rings. The number of nitrogens with one attached hydrogen (secondary N) is 1. The van der Waals surface area contributed by atoms with Crippen molar-refractivity contribution < 1.29 is 13.9 Å². The van der Waals surface area contributed by atoms with E-state index in [0.717, 1.165) is 49.8 Å². The fraction of sp³-hybridized carbons (Fsp3) is 0.500. The first-order valence-electron chi connectivity index (χ1n) is 9.60. The first kappa shape index (κ1) is 17.8. The smallest absolute Gasteiger partial charge is 0.318 e. The maximum Gasteiger partial charge on any atom is 0.318 e. The molecule has 6 nitrogen and oxygen atoms in total. The third-order valence-corrected chi connectivity index (χ3v) is 5.42. The summed E-state index contributed by atoms with van der Waals surface area (Å²) in [5, 5.41) is 7.43. The number of benzene rings is 1. The van der Waals surface area contributed by atoms with Crippen molar-refractivity contribution >= 4 is 6.03 Å². The van der Waals surface area contributed by atoms with Gasteiger partial charge in [0.15, 0.2) is 0 Å². The zero-order valence-electron chi connectivity index (χ0n) is 15.5. The quantitative estimate of drug-likeness (QED) is 0.874. The summed E-state index contributed by atoms with van der Waals surface area (Å²) < 4.78 is 21.0. The van der Waals surface area contributed by atoms with E-state index < -0.39 is 0 Å². The van der Waals surface area contributed by atoms with Crippen LogP contribution in [0.5, 0.6) is 5.75 Å². The van der Waals surface area contributed by atoms with Gasteiger partial charge in [0.05, 0.1) is 24.9 Å². The Morgan fingerprint density at radius 2 is 2.19 bits per heavy atom. The summed E-state index contributed by atoms with van der Waals surface area (Å²) in [6.45, 7) is 1.26. The highest BCUT2D eigenvalue weighted by Crippen LogP contribution is 2.34.